The molecule has 0 unspecified atom stereocenters. The fourth-order valence-electron chi connectivity index (χ4n) is 1.90. The van der Waals surface area contributed by atoms with Gasteiger partial charge in [0.2, 0.25) is 0 Å². The standard InChI is InChI=1S/C9H10.C6H6.2C4H10/c1-2-5-9-7-3-6-8(9)4-1;1-2-4-6-5-3-1;2*1-4(2)3/h1-2,4-5H,3,6-7H2;1-6H;2*4H,1-3H3. The van der Waals surface area contributed by atoms with Gasteiger partial charge in [0.1, 0.15) is 0 Å². The van der Waals surface area contributed by atoms with Gasteiger partial charge in [-0.05, 0) is 42.2 Å². The van der Waals surface area contributed by atoms with E-state index in [4.69, 9.17) is 0 Å². The van der Waals surface area contributed by atoms with Crippen molar-refractivity contribution < 1.29 is 0 Å². The highest BCUT2D eigenvalue weighted by Gasteiger charge is 2.07. The van der Waals surface area contributed by atoms with Crippen molar-refractivity contribution in [3.8, 4) is 0 Å². The van der Waals surface area contributed by atoms with E-state index in [1.807, 2.05) is 36.4 Å². The maximum absolute atomic E-state index is 2.24. The number of aryl methyl sites for hydroxylation is 2. The molecule has 2 aromatic carbocycles. The van der Waals surface area contributed by atoms with Crippen LogP contribution in [0.1, 0.15) is 59.1 Å². The first-order valence-corrected chi connectivity index (χ1v) is 9.00. The van der Waals surface area contributed by atoms with Gasteiger partial charge >= 0.3 is 0 Å². The first-order valence-electron chi connectivity index (χ1n) is 9.00. The molecule has 0 saturated heterocycles. The molecule has 0 spiro atoms. The molecule has 23 heavy (non-hydrogen) atoms. The van der Waals surface area contributed by atoms with Crippen LogP contribution >= 0.6 is 0 Å². The van der Waals surface area contributed by atoms with Crippen molar-refractivity contribution in [2.45, 2.75) is 60.8 Å². The third-order valence-electron chi connectivity index (χ3n) is 2.68. The van der Waals surface area contributed by atoms with E-state index >= 15 is 0 Å². The topological polar surface area (TPSA) is 0 Å². The number of rotatable bonds is 0. The van der Waals surface area contributed by atoms with Crippen molar-refractivity contribution in [1.82, 2.24) is 0 Å². The molecule has 0 amide bonds. The Bertz CT molecular complexity index is 407. The van der Waals surface area contributed by atoms with Crippen LogP contribution in [-0.2, 0) is 12.8 Å². The number of hydrogen-bond donors (Lipinski definition) is 0. The summed E-state index contributed by atoms with van der Waals surface area (Å²) in [5, 5.41) is 0. The Morgan fingerprint density at radius 3 is 1.04 bits per heavy atom. The summed E-state index contributed by atoms with van der Waals surface area (Å²) in [6, 6.07) is 20.7. The third kappa shape index (κ3) is 15.1. The van der Waals surface area contributed by atoms with Gasteiger partial charge in [0, 0.05) is 0 Å². The Balaban J connectivity index is 0.000000304. The van der Waals surface area contributed by atoms with Crippen molar-refractivity contribution >= 4 is 0 Å². The Morgan fingerprint density at radius 2 is 0.783 bits per heavy atom. The van der Waals surface area contributed by atoms with Crippen molar-refractivity contribution in [2.24, 2.45) is 11.8 Å². The summed E-state index contributed by atoms with van der Waals surface area (Å²) in [6.45, 7) is 13.0. The summed E-state index contributed by atoms with van der Waals surface area (Å²) < 4.78 is 0. The quantitative estimate of drug-likeness (QED) is 0.483. The van der Waals surface area contributed by atoms with Gasteiger partial charge in [0.25, 0.3) is 0 Å². The minimum absolute atomic E-state index is 0.833. The second kappa shape index (κ2) is 14.1. The Labute approximate surface area is 145 Å². The summed E-state index contributed by atoms with van der Waals surface area (Å²) in [5.74, 6) is 1.67. The predicted octanol–water partition coefficient (Wildman–Crippen LogP) is 7.19. The predicted molar refractivity (Wildman–Crippen MR) is 106 cm³/mol. The highest BCUT2D eigenvalue weighted by Crippen LogP contribution is 2.20. The van der Waals surface area contributed by atoms with E-state index in [1.54, 1.807) is 11.1 Å². The van der Waals surface area contributed by atoms with Crippen LogP contribution in [0.5, 0.6) is 0 Å². The van der Waals surface area contributed by atoms with Gasteiger partial charge in [-0.1, -0.05) is 102 Å². The van der Waals surface area contributed by atoms with Gasteiger partial charge in [0.15, 0.2) is 0 Å². The van der Waals surface area contributed by atoms with E-state index in [-0.39, 0.29) is 0 Å². The molecule has 0 heteroatoms. The Morgan fingerprint density at radius 1 is 0.522 bits per heavy atom. The van der Waals surface area contributed by atoms with Crippen molar-refractivity contribution in [3.63, 3.8) is 0 Å². The van der Waals surface area contributed by atoms with Crippen LogP contribution in [0.15, 0.2) is 60.7 Å². The number of hydrogen-bond acceptors (Lipinski definition) is 0. The smallest absolute Gasteiger partial charge is 0.0273 e. The molecule has 0 heterocycles. The van der Waals surface area contributed by atoms with Crippen LogP contribution in [-0.4, -0.2) is 0 Å². The van der Waals surface area contributed by atoms with Crippen LogP contribution in [0.4, 0.5) is 0 Å². The largest absolute Gasteiger partial charge is 0.0630 e. The Kier molecular flexibility index (Phi) is 13.1. The van der Waals surface area contributed by atoms with Gasteiger partial charge in [-0.25, -0.2) is 0 Å². The van der Waals surface area contributed by atoms with Crippen molar-refractivity contribution in [1.29, 1.82) is 0 Å². The van der Waals surface area contributed by atoms with Gasteiger partial charge in [0.05, 0.1) is 0 Å². The average Bonchev–Trinajstić information content (AvgIpc) is 2.97. The van der Waals surface area contributed by atoms with Crippen molar-refractivity contribution in [3.05, 3.63) is 71.8 Å². The third-order valence-corrected chi connectivity index (χ3v) is 2.68. The first kappa shape index (κ1) is 21.4. The van der Waals surface area contributed by atoms with Gasteiger partial charge < -0.3 is 0 Å². The molecule has 3 rings (SSSR count). The van der Waals surface area contributed by atoms with E-state index in [0.717, 1.165) is 11.8 Å². The molecule has 0 N–H and O–H groups in total. The SMILES string of the molecule is CC(C)C.CC(C)C.c1ccc2c(c1)CCC2.c1ccccc1. The highest BCUT2D eigenvalue weighted by molar-refractivity contribution is 5.30. The minimum atomic E-state index is 0.833. The zero-order valence-corrected chi connectivity index (χ0v) is 16.0. The normalized spacial score (nSPS) is 11.3. The fourth-order valence-corrected chi connectivity index (χ4v) is 1.90. The molecule has 0 radical (unpaired) electrons. The molecular formula is C23H36. The minimum Gasteiger partial charge on any atom is -0.0630 e. The molecule has 0 atom stereocenters. The molecule has 0 nitrogen and oxygen atoms in total. The molecule has 1 aliphatic carbocycles. The lowest BCUT2D eigenvalue weighted by atomic mass is 10.1. The Hall–Kier alpha value is -1.56. The maximum atomic E-state index is 2.24. The van der Waals surface area contributed by atoms with E-state index in [1.165, 1.54) is 19.3 Å². The van der Waals surface area contributed by atoms with Gasteiger partial charge in [-0.15, -0.1) is 0 Å². The molecule has 1 aliphatic rings. The molecule has 0 aromatic heterocycles. The second-order valence-electron chi connectivity index (χ2n) is 7.24. The van der Waals surface area contributed by atoms with Gasteiger partial charge in [-0.3, -0.25) is 0 Å². The summed E-state index contributed by atoms with van der Waals surface area (Å²) >= 11 is 0. The number of fused-ring (bicyclic) bond motifs is 1. The van der Waals surface area contributed by atoms with E-state index in [9.17, 15) is 0 Å². The zero-order valence-electron chi connectivity index (χ0n) is 16.0. The summed E-state index contributed by atoms with van der Waals surface area (Å²) in [4.78, 5) is 0. The van der Waals surface area contributed by atoms with Gasteiger partial charge in [-0.2, -0.15) is 0 Å². The van der Waals surface area contributed by atoms with E-state index in [0.29, 0.717) is 0 Å². The lowest BCUT2D eigenvalue weighted by Gasteiger charge is -1.93. The summed E-state index contributed by atoms with van der Waals surface area (Å²) in [7, 11) is 0. The van der Waals surface area contributed by atoms with Crippen LogP contribution in [0.25, 0.3) is 0 Å². The molecule has 0 aliphatic heterocycles. The van der Waals surface area contributed by atoms with E-state index in [2.05, 4.69) is 65.8 Å². The lowest BCUT2D eigenvalue weighted by molar-refractivity contribution is 0.736. The molecule has 2 aromatic rings. The molecule has 0 fully saturated rings. The van der Waals surface area contributed by atoms with Crippen molar-refractivity contribution in [2.75, 3.05) is 0 Å². The lowest BCUT2D eigenvalue weighted by Crippen LogP contribution is -1.77. The first-order chi connectivity index (χ1) is 10.9. The fraction of sp³-hybridized carbons (Fsp3) is 0.478. The molecule has 0 bridgehead atoms. The average molecular weight is 313 g/mol. The molecule has 0 saturated carbocycles. The molecule has 128 valence electrons. The summed E-state index contributed by atoms with van der Waals surface area (Å²) in [6.07, 6.45) is 3.96. The van der Waals surface area contributed by atoms with Crippen LogP contribution in [0, 0.1) is 11.8 Å². The maximum Gasteiger partial charge on any atom is -0.0273 e. The van der Waals surface area contributed by atoms with Crippen LogP contribution in [0.3, 0.4) is 0 Å². The van der Waals surface area contributed by atoms with Crippen LogP contribution in [0.2, 0.25) is 0 Å². The summed E-state index contributed by atoms with van der Waals surface area (Å²) in [5.41, 5.74) is 3.13. The second-order valence-corrected chi connectivity index (χ2v) is 7.24. The van der Waals surface area contributed by atoms with Crippen LogP contribution < -0.4 is 0 Å². The van der Waals surface area contributed by atoms with E-state index < -0.39 is 0 Å². The monoisotopic (exact) mass is 312 g/mol. The number of benzene rings is 2. The highest BCUT2D eigenvalue weighted by atomic mass is 14.1. The molecular weight excluding hydrogens is 276 g/mol. The zero-order chi connectivity index (χ0) is 17.5.